The highest BCUT2D eigenvalue weighted by atomic mass is 16.5. The van der Waals surface area contributed by atoms with Gasteiger partial charge in [-0.3, -0.25) is 4.79 Å². The number of nitrogens with one attached hydrogen (secondary N) is 1. The lowest BCUT2D eigenvalue weighted by atomic mass is 10.1. The van der Waals surface area contributed by atoms with Crippen LogP contribution in [0.2, 0.25) is 0 Å². The average molecular weight is 376 g/mol. The molecule has 0 bridgehead atoms. The molecule has 0 aromatic heterocycles. The minimum Gasteiger partial charge on any atom is -0.497 e. The second-order valence-corrected chi connectivity index (χ2v) is 6.58. The topological polar surface area (TPSA) is 64.6 Å². The molecule has 1 aromatic rings. The van der Waals surface area contributed by atoms with Crippen LogP contribution in [0.25, 0.3) is 6.08 Å². The number of carbonyl (C=O) groups excluding carboxylic acids is 2. The maximum Gasteiger partial charge on any atom is 0.334 e. The van der Waals surface area contributed by atoms with Crippen molar-refractivity contribution >= 4 is 18.0 Å². The summed E-state index contributed by atoms with van der Waals surface area (Å²) < 4.78 is 9.93. The van der Waals surface area contributed by atoms with Crippen molar-refractivity contribution in [3.8, 4) is 5.75 Å². The Balaban J connectivity index is 2.45. The molecule has 0 atom stereocenters. The molecule has 27 heavy (non-hydrogen) atoms. The summed E-state index contributed by atoms with van der Waals surface area (Å²) in [5, 5.41) is 2.89. The number of hydrogen-bond acceptors (Lipinski definition) is 4. The molecule has 0 spiro atoms. The number of rotatable bonds is 13. The molecule has 0 radical (unpaired) electrons. The molecule has 0 heterocycles. The van der Waals surface area contributed by atoms with Crippen molar-refractivity contribution in [1.82, 2.24) is 5.32 Å². The standard InChI is InChI=1S/C22H33NO4/c1-4-5-6-7-8-9-10-15-23-21(24)17-19(22(25)27-3)16-18-11-13-20(26-2)14-12-18/h11-14,16H,4-10,15,17H2,1-3H3,(H,23,24). The number of unbranched alkanes of at least 4 members (excludes halogenated alkanes) is 6. The Kier molecular flexibility index (Phi) is 11.7. The fourth-order valence-electron chi connectivity index (χ4n) is 2.76. The molecule has 0 aliphatic carbocycles. The van der Waals surface area contributed by atoms with E-state index in [9.17, 15) is 9.59 Å². The molecule has 1 N–H and O–H groups in total. The fraction of sp³-hybridized carbons (Fsp3) is 0.545. The molecule has 0 aliphatic heterocycles. The van der Waals surface area contributed by atoms with Crippen molar-refractivity contribution in [2.24, 2.45) is 0 Å². The number of hydrogen-bond donors (Lipinski definition) is 1. The van der Waals surface area contributed by atoms with E-state index in [1.807, 2.05) is 12.1 Å². The van der Waals surface area contributed by atoms with Crippen LogP contribution in [0.15, 0.2) is 29.8 Å². The van der Waals surface area contributed by atoms with Crippen LogP contribution in [0.3, 0.4) is 0 Å². The Bertz CT molecular complexity index is 593. The summed E-state index contributed by atoms with van der Waals surface area (Å²) in [5.74, 6) is 0.0854. The highest BCUT2D eigenvalue weighted by molar-refractivity contribution is 5.99. The van der Waals surface area contributed by atoms with E-state index in [0.29, 0.717) is 12.1 Å². The lowest BCUT2D eigenvalue weighted by Gasteiger charge is -2.08. The maximum absolute atomic E-state index is 12.2. The summed E-state index contributed by atoms with van der Waals surface area (Å²) in [5.41, 5.74) is 1.15. The molecule has 0 saturated carbocycles. The quantitative estimate of drug-likeness (QED) is 0.313. The molecule has 0 saturated heterocycles. The predicted molar refractivity (Wildman–Crippen MR) is 109 cm³/mol. The van der Waals surface area contributed by atoms with Gasteiger partial charge in [-0.25, -0.2) is 4.79 Å². The molecule has 1 rings (SSSR count). The van der Waals surface area contributed by atoms with Gasteiger partial charge in [0.05, 0.1) is 20.6 Å². The van der Waals surface area contributed by atoms with Crippen LogP contribution in [-0.4, -0.2) is 32.6 Å². The predicted octanol–water partition coefficient (Wildman–Crippen LogP) is 4.51. The minimum atomic E-state index is -0.489. The summed E-state index contributed by atoms with van der Waals surface area (Å²) in [6, 6.07) is 7.28. The lowest BCUT2D eigenvalue weighted by Crippen LogP contribution is -2.26. The van der Waals surface area contributed by atoms with Gasteiger partial charge in [0.1, 0.15) is 5.75 Å². The molecule has 5 nitrogen and oxygen atoms in total. The van der Waals surface area contributed by atoms with Gasteiger partial charge in [-0.15, -0.1) is 0 Å². The first-order valence-corrected chi connectivity index (χ1v) is 9.80. The second kappa shape index (κ2) is 13.8. The van der Waals surface area contributed by atoms with Crippen molar-refractivity contribution in [3.05, 3.63) is 35.4 Å². The number of benzene rings is 1. The van der Waals surface area contributed by atoms with E-state index in [4.69, 9.17) is 9.47 Å². The van der Waals surface area contributed by atoms with Crippen LogP contribution in [0, 0.1) is 0 Å². The molecule has 150 valence electrons. The van der Waals surface area contributed by atoms with E-state index in [1.165, 1.54) is 39.2 Å². The van der Waals surface area contributed by atoms with E-state index in [2.05, 4.69) is 12.2 Å². The molecule has 1 aromatic carbocycles. The zero-order chi connectivity index (χ0) is 19.9. The SMILES string of the molecule is CCCCCCCCCNC(=O)CC(=Cc1ccc(OC)cc1)C(=O)OC. The number of amides is 1. The number of carbonyl (C=O) groups is 2. The second-order valence-electron chi connectivity index (χ2n) is 6.58. The number of esters is 1. The summed E-state index contributed by atoms with van der Waals surface area (Å²) in [4.78, 5) is 24.1. The van der Waals surface area contributed by atoms with Crippen molar-refractivity contribution in [3.63, 3.8) is 0 Å². The average Bonchev–Trinajstić information content (AvgIpc) is 2.69. The smallest absolute Gasteiger partial charge is 0.334 e. The third-order valence-corrected chi connectivity index (χ3v) is 4.36. The first kappa shape index (κ1) is 22.7. The van der Waals surface area contributed by atoms with Gasteiger partial charge in [0, 0.05) is 12.1 Å². The molecule has 5 heteroatoms. The minimum absolute atomic E-state index is 0.00913. The molecular weight excluding hydrogens is 342 g/mol. The van der Waals surface area contributed by atoms with Crippen LogP contribution in [0.5, 0.6) is 5.75 Å². The van der Waals surface area contributed by atoms with Gasteiger partial charge in [0.25, 0.3) is 0 Å². The van der Waals surface area contributed by atoms with Gasteiger partial charge >= 0.3 is 5.97 Å². The van der Waals surface area contributed by atoms with Crippen LogP contribution in [0.1, 0.15) is 63.9 Å². The fourth-order valence-corrected chi connectivity index (χ4v) is 2.76. The molecule has 1 amide bonds. The lowest BCUT2D eigenvalue weighted by molar-refractivity contribution is -0.137. The summed E-state index contributed by atoms with van der Waals surface area (Å²) in [6.45, 7) is 2.85. The highest BCUT2D eigenvalue weighted by Gasteiger charge is 2.14. The first-order chi connectivity index (χ1) is 13.1. The Hall–Kier alpha value is -2.30. The van der Waals surface area contributed by atoms with E-state index in [0.717, 1.165) is 24.2 Å². The van der Waals surface area contributed by atoms with Crippen LogP contribution in [0.4, 0.5) is 0 Å². The van der Waals surface area contributed by atoms with Gasteiger partial charge in [0.15, 0.2) is 0 Å². The van der Waals surface area contributed by atoms with E-state index >= 15 is 0 Å². The van der Waals surface area contributed by atoms with Crippen molar-refractivity contribution < 1.29 is 19.1 Å². The highest BCUT2D eigenvalue weighted by Crippen LogP contribution is 2.16. The molecule has 0 unspecified atom stereocenters. The van der Waals surface area contributed by atoms with Gasteiger partial charge in [0.2, 0.25) is 5.91 Å². The number of methoxy groups -OCH3 is 2. The Morgan fingerprint density at radius 1 is 0.963 bits per heavy atom. The zero-order valence-corrected chi connectivity index (χ0v) is 16.9. The monoisotopic (exact) mass is 375 g/mol. The summed E-state index contributed by atoms with van der Waals surface area (Å²) >= 11 is 0. The largest absolute Gasteiger partial charge is 0.497 e. The van der Waals surface area contributed by atoms with Crippen LogP contribution in [-0.2, 0) is 14.3 Å². The van der Waals surface area contributed by atoms with E-state index < -0.39 is 5.97 Å². The van der Waals surface area contributed by atoms with E-state index in [1.54, 1.807) is 25.3 Å². The van der Waals surface area contributed by atoms with Crippen LogP contribution < -0.4 is 10.1 Å². The summed E-state index contributed by atoms with van der Waals surface area (Å²) in [7, 11) is 2.92. The summed E-state index contributed by atoms with van der Waals surface area (Å²) in [6.07, 6.45) is 10.1. The molecular formula is C22H33NO4. The van der Waals surface area contributed by atoms with Gasteiger partial charge in [-0.05, 0) is 30.2 Å². The molecule has 0 aliphatic rings. The van der Waals surface area contributed by atoms with Crippen molar-refractivity contribution in [1.29, 1.82) is 0 Å². The van der Waals surface area contributed by atoms with Crippen LogP contribution >= 0.6 is 0 Å². The van der Waals surface area contributed by atoms with Crippen molar-refractivity contribution in [2.45, 2.75) is 58.3 Å². The third-order valence-electron chi connectivity index (χ3n) is 4.36. The van der Waals surface area contributed by atoms with Gasteiger partial charge in [-0.1, -0.05) is 57.6 Å². The normalized spacial score (nSPS) is 11.1. The third kappa shape index (κ3) is 9.83. The van der Waals surface area contributed by atoms with E-state index in [-0.39, 0.29) is 12.3 Å². The number of ether oxygens (including phenoxy) is 2. The first-order valence-electron chi connectivity index (χ1n) is 9.80. The maximum atomic E-state index is 12.2. The zero-order valence-electron chi connectivity index (χ0n) is 16.9. The van der Waals surface area contributed by atoms with Gasteiger partial charge < -0.3 is 14.8 Å². The van der Waals surface area contributed by atoms with Gasteiger partial charge in [-0.2, -0.15) is 0 Å². The molecule has 0 fully saturated rings. The Labute approximate surface area is 163 Å². The van der Waals surface area contributed by atoms with Crippen molar-refractivity contribution in [2.75, 3.05) is 20.8 Å². The Morgan fingerprint density at radius 2 is 1.59 bits per heavy atom. The Morgan fingerprint density at radius 3 is 2.19 bits per heavy atom.